The number of carbonyl (C=O) groups is 3. The molecular weight excluding hydrogens is 532 g/mol. The molecule has 2 unspecified atom stereocenters. The Morgan fingerprint density at radius 3 is 2.55 bits per heavy atom. The van der Waals surface area contributed by atoms with Crippen molar-refractivity contribution >= 4 is 38.6 Å². The number of furan rings is 1. The second kappa shape index (κ2) is 12.3. The van der Waals surface area contributed by atoms with Crippen LogP contribution in [-0.4, -0.2) is 60.5 Å². The molecule has 1 aliphatic carbocycles. The molecule has 11 heteroatoms. The van der Waals surface area contributed by atoms with E-state index < -0.39 is 39.7 Å². The lowest BCUT2D eigenvalue weighted by Gasteiger charge is -2.27. The molecule has 1 aromatic carbocycles. The number of para-hydroxylation sites is 1. The quantitative estimate of drug-likeness (QED) is 0.426. The highest BCUT2D eigenvalue weighted by Gasteiger charge is 2.35. The van der Waals surface area contributed by atoms with Crippen molar-refractivity contribution in [2.45, 2.75) is 68.5 Å². The van der Waals surface area contributed by atoms with E-state index in [1.165, 1.54) is 12.3 Å². The zero-order valence-corrected chi connectivity index (χ0v) is 23.1. The molecule has 0 bridgehead atoms. The van der Waals surface area contributed by atoms with Crippen molar-refractivity contribution in [3.63, 3.8) is 0 Å². The highest BCUT2D eigenvalue weighted by molar-refractivity contribution is 7.89. The van der Waals surface area contributed by atoms with Gasteiger partial charge >= 0.3 is 0 Å². The zero-order valence-electron chi connectivity index (χ0n) is 22.3. The number of benzene rings is 1. The van der Waals surface area contributed by atoms with Gasteiger partial charge in [-0.25, -0.2) is 13.4 Å². The average Bonchev–Trinajstić information content (AvgIpc) is 3.32. The van der Waals surface area contributed by atoms with Gasteiger partial charge in [-0.15, -0.1) is 0 Å². The van der Waals surface area contributed by atoms with Crippen LogP contribution >= 0.6 is 0 Å². The van der Waals surface area contributed by atoms with Gasteiger partial charge in [0.2, 0.25) is 5.91 Å². The van der Waals surface area contributed by atoms with Gasteiger partial charge in [-0.1, -0.05) is 56.4 Å². The Morgan fingerprint density at radius 1 is 1.02 bits per heavy atom. The second-order valence-corrected chi connectivity index (χ2v) is 12.5. The highest BCUT2D eigenvalue weighted by atomic mass is 32.2. The predicted octanol–water partition coefficient (Wildman–Crippen LogP) is 3.44. The Balaban J connectivity index is 1.28. The summed E-state index contributed by atoms with van der Waals surface area (Å²) < 4.78 is 32.9. The molecule has 0 radical (unpaired) electrons. The Morgan fingerprint density at radius 2 is 1.80 bits per heavy atom. The molecule has 2 aliphatic rings. The van der Waals surface area contributed by atoms with Crippen LogP contribution in [0.3, 0.4) is 0 Å². The van der Waals surface area contributed by atoms with Gasteiger partial charge in [0, 0.05) is 18.1 Å². The van der Waals surface area contributed by atoms with Gasteiger partial charge in [0.15, 0.2) is 16.6 Å². The van der Waals surface area contributed by atoms with Crippen LogP contribution in [0.2, 0.25) is 0 Å². The van der Waals surface area contributed by atoms with Crippen molar-refractivity contribution < 1.29 is 27.2 Å². The minimum atomic E-state index is -3.94. The fraction of sp³-hybridized carbons (Fsp3) is 0.448. The largest absolute Gasteiger partial charge is 0.451 e. The Hall–Kier alpha value is -3.57. The van der Waals surface area contributed by atoms with E-state index in [4.69, 9.17) is 4.42 Å². The number of sulfonamides is 1. The number of hydrogen-bond acceptors (Lipinski definition) is 7. The van der Waals surface area contributed by atoms with E-state index in [0.29, 0.717) is 24.8 Å². The first-order chi connectivity index (χ1) is 19.3. The molecule has 1 saturated heterocycles. The van der Waals surface area contributed by atoms with Crippen molar-refractivity contribution in [3.05, 3.63) is 60.5 Å². The molecule has 2 fully saturated rings. The molecular formula is C29H34N4O6S. The van der Waals surface area contributed by atoms with E-state index in [0.717, 1.165) is 41.8 Å². The van der Waals surface area contributed by atoms with Crippen molar-refractivity contribution in [2.75, 3.05) is 13.1 Å². The summed E-state index contributed by atoms with van der Waals surface area (Å²) >= 11 is 0. The molecule has 40 heavy (non-hydrogen) atoms. The number of nitrogens with one attached hydrogen (secondary N) is 2. The maximum Gasteiger partial charge on any atom is 0.287 e. The van der Waals surface area contributed by atoms with E-state index in [1.54, 1.807) is 24.3 Å². The van der Waals surface area contributed by atoms with Gasteiger partial charge in [0.1, 0.15) is 11.6 Å². The molecule has 1 aliphatic heterocycles. The summed E-state index contributed by atoms with van der Waals surface area (Å²) in [5.74, 6) is -0.945. The minimum Gasteiger partial charge on any atom is -0.451 e. The molecule has 3 aromatic rings. The number of Topliss-reactive ketones (excluding diaryl/α,β-unsaturated/α-hetero) is 1. The summed E-state index contributed by atoms with van der Waals surface area (Å²) in [5, 5.41) is 6.34. The summed E-state index contributed by atoms with van der Waals surface area (Å²) in [5.41, 5.74) is 0.579. The number of rotatable bonds is 8. The molecule has 3 heterocycles. The molecule has 5 rings (SSSR count). The van der Waals surface area contributed by atoms with E-state index in [2.05, 4.69) is 15.6 Å². The number of ketones is 1. The topological polar surface area (TPSA) is 139 Å². The lowest BCUT2D eigenvalue weighted by atomic mass is 9.84. The van der Waals surface area contributed by atoms with Crippen molar-refractivity contribution in [2.24, 2.45) is 5.92 Å². The van der Waals surface area contributed by atoms with Gasteiger partial charge in [0.25, 0.3) is 15.9 Å². The third-order valence-corrected chi connectivity index (χ3v) is 9.51. The smallest absolute Gasteiger partial charge is 0.287 e. The fourth-order valence-electron chi connectivity index (χ4n) is 5.57. The standard InChI is InChI=1S/C29H34N4O6S/c34-24-19-33(40(37,38)27-14-6-7-15-30-27)16-8-12-22(24)31-28(35)23(17-20-9-2-1-3-10-20)32-29(36)26-18-21-11-4-5-13-25(21)39-26/h4-7,11,13-15,18,20,22-23H,1-3,8-10,12,16-17,19H2,(H,31,35)(H,32,36). The molecule has 1 saturated carbocycles. The van der Waals surface area contributed by atoms with Gasteiger partial charge in [0.05, 0.1) is 12.6 Å². The maximum absolute atomic E-state index is 13.5. The number of nitrogens with zero attached hydrogens (tertiary/aromatic N) is 2. The van der Waals surface area contributed by atoms with Crippen LogP contribution in [0.4, 0.5) is 0 Å². The van der Waals surface area contributed by atoms with Gasteiger partial charge in [-0.3, -0.25) is 14.4 Å². The Bertz CT molecular complexity index is 1430. The van der Waals surface area contributed by atoms with Gasteiger partial charge in [-0.05, 0) is 49.4 Å². The zero-order chi connectivity index (χ0) is 28.1. The number of hydrogen-bond donors (Lipinski definition) is 2. The van der Waals surface area contributed by atoms with Crippen LogP contribution in [-0.2, 0) is 19.6 Å². The van der Waals surface area contributed by atoms with Gasteiger partial charge in [-0.2, -0.15) is 4.31 Å². The van der Waals surface area contributed by atoms with Crippen LogP contribution in [0, 0.1) is 5.92 Å². The minimum absolute atomic E-state index is 0.114. The van der Waals surface area contributed by atoms with Crippen LogP contribution in [0.5, 0.6) is 0 Å². The maximum atomic E-state index is 13.5. The molecule has 212 valence electrons. The number of aromatic nitrogens is 1. The molecule has 2 atom stereocenters. The first-order valence-corrected chi connectivity index (χ1v) is 15.3. The van der Waals surface area contributed by atoms with E-state index in [1.807, 2.05) is 18.2 Å². The first kappa shape index (κ1) is 28.0. The van der Waals surface area contributed by atoms with Crippen LogP contribution in [0.15, 0.2) is 64.2 Å². The SMILES string of the molecule is O=C(NC(CC1CCCCC1)C(=O)NC1CCCN(S(=O)(=O)c2ccccn2)CC1=O)c1cc2ccccc2o1. The van der Waals surface area contributed by atoms with E-state index >= 15 is 0 Å². The fourth-order valence-corrected chi connectivity index (χ4v) is 6.94. The Labute approximate surface area is 233 Å². The average molecular weight is 567 g/mol. The number of fused-ring (bicyclic) bond motifs is 1. The normalized spacial score (nSPS) is 20.1. The third kappa shape index (κ3) is 6.42. The molecule has 0 spiro atoms. The van der Waals surface area contributed by atoms with Crippen molar-refractivity contribution in [3.8, 4) is 0 Å². The van der Waals surface area contributed by atoms with E-state index in [9.17, 15) is 22.8 Å². The summed E-state index contributed by atoms with van der Waals surface area (Å²) in [6.07, 6.45) is 7.82. The predicted molar refractivity (Wildman–Crippen MR) is 148 cm³/mol. The second-order valence-electron chi connectivity index (χ2n) is 10.6. The summed E-state index contributed by atoms with van der Waals surface area (Å²) in [7, 11) is -3.94. The van der Waals surface area contributed by atoms with E-state index in [-0.39, 0.29) is 29.8 Å². The Kier molecular flexibility index (Phi) is 8.60. The number of amides is 2. The molecule has 2 aromatic heterocycles. The van der Waals surface area contributed by atoms with Crippen molar-refractivity contribution in [1.29, 1.82) is 0 Å². The monoisotopic (exact) mass is 566 g/mol. The lowest BCUT2D eigenvalue weighted by Crippen LogP contribution is -2.53. The van der Waals surface area contributed by atoms with Crippen molar-refractivity contribution in [1.82, 2.24) is 19.9 Å². The van der Waals surface area contributed by atoms with Crippen LogP contribution in [0.1, 0.15) is 61.9 Å². The number of carbonyl (C=O) groups excluding carboxylic acids is 3. The molecule has 2 N–H and O–H groups in total. The molecule has 10 nitrogen and oxygen atoms in total. The van der Waals surface area contributed by atoms with Gasteiger partial charge < -0.3 is 15.1 Å². The first-order valence-electron chi connectivity index (χ1n) is 13.8. The summed E-state index contributed by atoms with van der Waals surface area (Å²) in [6.45, 7) is -0.214. The third-order valence-electron chi connectivity index (χ3n) is 7.74. The number of pyridine rings is 1. The summed E-state index contributed by atoms with van der Waals surface area (Å²) in [6, 6.07) is 11.8. The summed E-state index contributed by atoms with van der Waals surface area (Å²) in [4.78, 5) is 43.8. The van der Waals surface area contributed by atoms with Crippen LogP contribution in [0.25, 0.3) is 11.0 Å². The molecule has 2 amide bonds. The van der Waals surface area contributed by atoms with Crippen LogP contribution < -0.4 is 10.6 Å². The highest BCUT2D eigenvalue weighted by Crippen LogP contribution is 2.28. The lowest BCUT2D eigenvalue weighted by molar-refractivity contribution is -0.129.